The zero-order valence-electron chi connectivity index (χ0n) is 13.9. The van der Waals surface area contributed by atoms with Crippen LogP contribution in [0, 0.1) is 0 Å². The summed E-state index contributed by atoms with van der Waals surface area (Å²) < 4.78 is 5.11. The Hall–Kier alpha value is -1.17. The summed E-state index contributed by atoms with van der Waals surface area (Å²) in [5.74, 6) is 0.421. The van der Waals surface area contributed by atoms with Crippen LogP contribution in [0.25, 0.3) is 0 Å². The highest BCUT2D eigenvalue weighted by atomic mass is 35.5. The molecule has 0 saturated carbocycles. The van der Waals surface area contributed by atoms with Crippen molar-refractivity contribution in [2.24, 2.45) is 0 Å². The highest BCUT2D eigenvalue weighted by Crippen LogP contribution is 2.39. The molecule has 0 aliphatic carbocycles. The summed E-state index contributed by atoms with van der Waals surface area (Å²) in [7, 11) is 4.16. The van der Waals surface area contributed by atoms with Gasteiger partial charge in [0.05, 0.1) is 6.61 Å². The largest absolute Gasteiger partial charge is 0.449 e. The molecule has 0 spiro atoms. The number of nitrogens with one attached hydrogen (secondary N) is 2. The smallest absolute Gasteiger partial charge is 0.411 e. The highest BCUT2D eigenvalue weighted by Gasteiger charge is 2.25. The van der Waals surface area contributed by atoms with E-state index in [1.165, 1.54) is 5.56 Å². The van der Waals surface area contributed by atoms with Crippen molar-refractivity contribution in [2.75, 3.05) is 44.4 Å². The quantitative estimate of drug-likeness (QED) is 0.803. The number of rotatable bonds is 6. The van der Waals surface area contributed by atoms with Crippen LogP contribution in [0.2, 0.25) is 0 Å². The number of benzene rings is 1. The van der Waals surface area contributed by atoms with E-state index >= 15 is 0 Å². The topological polar surface area (TPSA) is 53.6 Å². The zero-order valence-corrected chi connectivity index (χ0v) is 15.6. The van der Waals surface area contributed by atoms with E-state index < -0.39 is 0 Å². The maximum Gasteiger partial charge on any atom is 0.411 e. The van der Waals surface area contributed by atoms with Crippen LogP contribution in [-0.4, -0.2) is 44.8 Å². The molecule has 23 heavy (non-hydrogen) atoms. The molecule has 1 amide bonds. The van der Waals surface area contributed by atoms with Gasteiger partial charge >= 0.3 is 6.09 Å². The summed E-state index contributed by atoms with van der Waals surface area (Å²) in [6.45, 7) is 4.38. The van der Waals surface area contributed by atoms with Crippen LogP contribution in [0.15, 0.2) is 18.2 Å². The maximum atomic E-state index is 11.8. The fourth-order valence-electron chi connectivity index (χ4n) is 2.60. The summed E-state index contributed by atoms with van der Waals surface area (Å²) in [5, 5.41) is 6.30. The van der Waals surface area contributed by atoms with Crippen molar-refractivity contribution in [3.63, 3.8) is 0 Å². The highest BCUT2D eigenvalue weighted by molar-refractivity contribution is 5.88. The molecule has 132 valence electrons. The first-order valence-corrected chi connectivity index (χ1v) is 7.57. The molecule has 1 atom stereocenters. The molecule has 0 saturated heterocycles. The molecule has 1 heterocycles. The van der Waals surface area contributed by atoms with E-state index in [0.717, 1.165) is 37.3 Å². The average Bonchev–Trinajstić information content (AvgIpc) is 2.87. The standard InChI is InChI=1S/C16H25N3O2.2ClH/c1-4-10-21-16(20)18-14-7-5-6-13-15(14)12(11-17-13)8-9-19(2)3;;/h5-7,12,17H,4,8-11H2,1-3H3,(H,18,20);2*1H. The Morgan fingerprint density at radius 3 is 2.78 bits per heavy atom. The number of halogens is 2. The number of hydrogen-bond acceptors (Lipinski definition) is 4. The lowest BCUT2D eigenvalue weighted by molar-refractivity contribution is 0.161. The van der Waals surface area contributed by atoms with Crippen LogP contribution >= 0.6 is 24.8 Å². The second kappa shape index (κ2) is 10.6. The third kappa shape index (κ3) is 6.09. The van der Waals surface area contributed by atoms with Gasteiger partial charge in [-0.25, -0.2) is 4.79 Å². The Morgan fingerprint density at radius 1 is 1.39 bits per heavy atom. The summed E-state index contributed by atoms with van der Waals surface area (Å²) in [6, 6.07) is 5.96. The van der Waals surface area contributed by atoms with E-state index in [2.05, 4.69) is 35.7 Å². The third-order valence-corrected chi connectivity index (χ3v) is 3.65. The minimum Gasteiger partial charge on any atom is -0.449 e. The summed E-state index contributed by atoms with van der Waals surface area (Å²) in [5.41, 5.74) is 3.18. The first-order chi connectivity index (χ1) is 10.1. The molecule has 1 unspecified atom stereocenters. The van der Waals surface area contributed by atoms with E-state index in [-0.39, 0.29) is 30.9 Å². The van der Waals surface area contributed by atoms with Crippen LogP contribution in [0.1, 0.15) is 31.2 Å². The van der Waals surface area contributed by atoms with Crippen molar-refractivity contribution in [2.45, 2.75) is 25.7 Å². The molecule has 0 bridgehead atoms. The monoisotopic (exact) mass is 363 g/mol. The minimum absolute atomic E-state index is 0. The number of hydrogen-bond donors (Lipinski definition) is 2. The van der Waals surface area contributed by atoms with E-state index in [1.807, 2.05) is 19.1 Å². The molecule has 1 aliphatic heterocycles. The van der Waals surface area contributed by atoms with Gasteiger partial charge in [0.1, 0.15) is 0 Å². The normalized spacial score (nSPS) is 15.0. The van der Waals surface area contributed by atoms with Gasteiger partial charge in [-0.15, -0.1) is 24.8 Å². The Morgan fingerprint density at radius 2 is 2.13 bits per heavy atom. The van der Waals surface area contributed by atoms with Crippen molar-refractivity contribution in [3.05, 3.63) is 23.8 Å². The third-order valence-electron chi connectivity index (χ3n) is 3.65. The molecule has 0 fully saturated rings. The molecule has 2 rings (SSSR count). The van der Waals surface area contributed by atoms with Gasteiger partial charge in [-0.2, -0.15) is 0 Å². The summed E-state index contributed by atoms with van der Waals surface area (Å²) in [6.07, 6.45) is 1.52. The predicted molar refractivity (Wildman–Crippen MR) is 101 cm³/mol. The maximum absolute atomic E-state index is 11.8. The molecule has 1 aromatic rings. The van der Waals surface area contributed by atoms with Crippen molar-refractivity contribution in [1.29, 1.82) is 0 Å². The zero-order chi connectivity index (χ0) is 15.2. The fraction of sp³-hybridized carbons (Fsp3) is 0.562. The number of ether oxygens (including phenoxy) is 1. The predicted octanol–water partition coefficient (Wildman–Crippen LogP) is 3.95. The first-order valence-electron chi connectivity index (χ1n) is 7.57. The molecule has 0 radical (unpaired) electrons. The lowest BCUT2D eigenvalue weighted by atomic mass is 9.96. The SMILES string of the molecule is CCCOC(=O)Nc1cccc2c1C(CCN(C)C)CN2.Cl.Cl. The van der Waals surface area contributed by atoms with Gasteiger partial charge in [0.2, 0.25) is 0 Å². The molecule has 5 nitrogen and oxygen atoms in total. The van der Waals surface area contributed by atoms with Crippen LogP contribution in [0.5, 0.6) is 0 Å². The van der Waals surface area contributed by atoms with Crippen molar-refractivity contribution in [3.8, 4) is 0 Å². The molecule has 1 aromatic carbocycles. The average molecular weight is 364 g/mol. The summed E-state index contributed by atoms with van der Waals surface area (Å²) in [4.78, 5) is 14.0. The number of amides is 1. The minimum atomic E-state index is -0.372. The molecule has 7 heteroatoms. The lowest BCUT2D eigenvalue weighted by Gasteiger charge is -2.17. The number of fused-ring (bicyclic) bond motifs is 1. The van der Waals surface area contributed by atoms with Crippen LogP contribution in [0.4, 0.5) is 16.2 Å². The van der Waals surface area contributed by atoms with E-state index in [1.54, 1.807) is 0 Å². The molecule has 2 N–H and O–H groups in total. The number of nitrogens with zero attached hydrogens (tertiary/aromatic N) is 1. The Bertz CT molecular complexity index is 498. The van der Waals surface area contributed by atoms with Crippen molar-refractivity contribution < 1.29 is 9.53 Å². The van der Waals surface area contributed by atoms with Gasteiger partial charge < -0.3 is 15.0 Å². The number of anilines is 2. The van der Waals surface area contributed by atoms with Crippen molar-refractivity contribution in [1.82, 2.24) is 4.90 Å². The number of carbonyl (C=O) groups is 1. The first kappa shape index (κ1) is 21.8. The van der Waals surface area contributed by atoms with Crippen LogP contribution in [-0.2, 0) is 4.74 Å². The Labute approximate surface area is 151 Å². The van der Waals surface area contributed by atoms with E-state index in [4.69, 9.17) is 4.74 Å². The van der Waals surface area contributed by atoms with Gasteiger partial charge in [0, 0.05) is 29.4 Å². The van der Waals surface area contributed by atoms with Gasteiger partial charge in [0.15, 0.2) is 0 Å². The van der Waals surface area contributed by atoms with Crippen LogP contribution < -0.4 is 10.6 Å². The summed E-state index contributed by atoms with van der Waals surface area (Å²) >= 11 is 0. The van der Waals surface area contributed by atoms with Gasteiger partial charge in [0.25, 0.3) is 0 Å². The Balaban J connectivity index is 0.00000242. The number of carbonyl (C=O) groups excluding carboxylic acids is 1. The van der Waals surface area contributed by atoms with Crippen molar-refractivity contribution >= 4 is 42.3 Å². The lowest BCUT2D eigenvalue weighted by Crippen LogP contribution is -2.18. The fourth-order valence-corrected chi connectivity index (χ4v) is 2.60. The molecule has 1 aliphatic rings. The van der Waals surface area contributed by atoms with Crippen LogP contribution in [0.3, 0.4) is 0 Å². The molecular formula is C16H27Cl2N3O2. The van der Waals surface area contributed by atoms with E-state index in [0.29, 0.717) is 12.5 Å². The van der Waals surface area contributed by atoms with E-state index in [9.17, 15) is 4.79 Å². The molecular weight excluding hydrogens is 337 g/mol. The Kier molecular flexibility index (Phi) is 10.0. The second-order valence-electron chi connectivity index (χ2n) is 5.70. The van der Waals surface area contributed by atoms with Gasteiger partial charge in [-0.05, 0) is 45.6 Å². The van der Waals surface area contributed by atoms with Gasteiger partial charge in [-0.3, -0.25) is 5.32 Å². The van der Waals surface area contributed by atoms with Gasteiger partial charge in [-0.1, -0.05) is 13.0 Å². The second-order valence-corrected chi connectivity index (χ2v) is 5.70. The molecule has 0 aromatic heterocycles.